The number of aromatic nitrogens is 2. The highest BCUT2D eigenvalue weighted by atomic mass is 19.4. The first-order chi connectivity index (χ1) is 5.41. The molecule has 0 unspecified atom stereocenters. The SMILES string of the molecule is N.O=C(O)c1cc(C(F)(F)F)[nH]n1. The number of nitrogens with zero attached hydrogens (tertiary/aromatic N) is 1. The summed E-state index contributed by atoms with van der Waals surface area (Å²) in [6, 6.07) is 0.433. The normalized spacial score (nSPS) is 10.7. The molecule has 0 saturated heterocycles. The molecule has 0 aliphatic rings. The van der Waals surface area contributed by atoms with Gasteiger partial charge in [0.2, 0.25) is 0 Å². The van der Waals surface area contributed by atoms with Crippen molar-refractivity contribution < 1.29 is 23.1 Å². The van der Waals surface area contributed by atoms with Gasteiger partial charge < -0.3 is 11.3 Å². The first-order valence-corrected chi connectivity index (χ1v) is 2.77. The number of hydrogen-bond acceptors (Lipinski definition) is 3. The lowest BCUT2D eigenvalue weighted by Gasteiger charge is -1.99. The predicted molar refractivity (Wildman–Crippen MR) is 35.6 cm³/mol. The molecule has 0 aliphatic carbocycles. The lowest BCUT2D eigenvalue weighted by Crippen LogP contribution is -2.04. The Bertz CT molecular complexity index is 306. The minimum absolute atomic E-state index is 0. The maximum absolute atomic E-state index is 11.8. The molecular weight excluding hydrogens is 191 g/mol. The Morgan fingerprint density at radius 2 is 2.08 bits per heavy atom. The molecule has 1 heterocycles. The summed E-state index contributed by atoms with van der Waals surface area (Å²) >= 11 is 0. The van der Waals surface area contributed by atoms with E-state index in [0.717, 1.165) is 0 Å². The quantitative estimate of drug-likeness (QED) is 0.631. The monoisotopic (exact) mass is 197 g/mol. The molecule has 0 saturated carbocycles. The van der Waals surface area contributed by atoms with Gasteiger partial charge in [0.25, 0.3) is 0 Å². The molecule has 5 nitrogen and oxygen atoms in total. The average Bonchev–Trinajstić information content (AvgIpc) is 2.30. The van der Waals surface area contributed by atoms with Crippen molar-refractivity contribution in [1.29, 1.82) is 0 Å². The van der Waals surface area contributed by atoms with E-state index in [1.165, 1.54) is 0 Å². The summed E-state index contributed by atoms with van der Waals surface area (Å²) in [7, 11) is 0. The molecule has 0 fully saturated rings. The Labute approximate surface area is 70.1 Å². The van der Waals surface area contributed by atoms with E-state index in [9.17, 15) is 18.0 Å². The molecule has 5 N–H and O–H groups in total. The third kappa shape index (κ3) is 2.44. The van der Waals surface area contributed by atoms with Gasteiger partial charge in [-0.25, -0.2) is 4.79 Å². The Morgan fingerprint density at radius 3 is 2.31 bits per heavy atom. The summed E-state index contributed by atoms with van der Waals surface area (Å²) in [5, 5.41) is 12.7. The van der Waals surface area contributed by atoms with Crippen LogP contribution in [0.1, 0.15) is 16.2 Å². The van der Waals surface area contributed by atoms with Crippen LogP contribution >= 0.6 is 0 Å². The van der Waals surface area contributed by atoms with E-state index in [1.54, 1.807) is 5.10 Å². The van der Waals surface area contributed by atoms with E-state index in [0.29, 0.717) is 6.07 Å². The highest BCUT2D eigenvalue weighted by molar-refractivity contribution is 5.85. The molecule has 0 atom stereocenters. The van der Waals surface area contributed by atoms with Crippen LogP contribution in [0.3, 0.4) is 0 Å². The lowest BCUT2D eigenvalue weighted by atomic mass is 10.3. The number of carboxylic acids is 1. The Kier molecular flexibility index (Phi) is 3.02. The van der Waals surface area contributed by atoms with Crippen LogP contribution in [0.25, 0.3) is 0 Å². The van der Waals surface area contributed by atoms with Crippen LogP contribution in [0.15, 0.2) is 6.07 Å². The average molecular weight is 197 g/mol. The van der Waals surface area contributed by atoms with E-state index < -0.39 is 23.5 Å². The van der Waals surface area contributed by atoms with Crippen molar-refractivity contribution in [1.82, 2.24) is 16.3 Å². The van der Waals surface area contributed by atoms with E-state index >= 15 is 0 Å². The Morgan fingerprint density at radius 1 is 1.54 bits per heavy atom. The number of halogens is 3. The summed E-state index contributed by atoms with van der Waals surface area (Å²) in [6.45, 7) is 0. The van der Waals surface area contributed by atoms with Gasteiger partial charge in [0.1, 0.15) is 5.69 Å². The minimum Gasteiger partial charge on any atom is -0.476 e. The fraction of sp³-hybridized carbons (Fsp3) is 0.200. The van der Waals surface area contributed by atoms with Gasteiger partial charge in [0, 0.05) is 6.07 Å². The van der Waals surface area contributed by atoms with Crippen molar-refractivity contribution in [2.24, 2.45) is 0 Å². The van der Waals surface area contributed by atoms with Crippen molar-refractivity contribution in [2.45, 2.75) is 6.18 Å². The molecule has 8 heteroatoms. The topological polar surface area (TPSA) is 101 Å². The standard InChI is InChI=1S/C5H3F3N2O2.H3N/c6-5(7,8)3-1-2(4(11)12)9-10-3;/h1H,(H,9,10)(H,11,12);1H3. The first-order valence-electron chi connectivity index (χ1n) is 2.77. The zero-order chi connectivity index (χ0) is 9.35. The highest BCUT2D eigenvalue weighted by Crippen LogP contribution is 2.27. The second kappa shape index (κ2) is 3.44. The molecular formula is C5H6F3N3O2. The van der Waals surface area contributed by atoms with E-state index in [-0.39, 0.29) is 6.15 Å². The van der Waals surface area contributed by atoms with Gasteiger partial charge >= 0.3 is 12.1 Å². The van der Waals surface area contributed by atoms with Crippen LogP contribution in [0.2, 0.25) is 0 Å². The summed E-state index contributed by atoms with van der Waals surface area (Å²) in [5.74, 6) is -1.50. The molecule has 0 aromatic carbocycles. The van der Waals surface area contributed by atoms with Crippen LogP contribution in [0.5, 0.6) is 0 Å². The number of rotatable bonds is 1. The van der Waals surface area contributed by atoms with Crippen molar-refractivity contribution in [3.05, 3.63) is 17.5 Å². The fourth-order valence-corrected chi connectivity index (χ4v) is 0.576. The molecule has 0 radical (unpaired) electrons. The largest absolute Gasteiger partial charge is 0.476 e. The molecule has 0 spiro atoms. The molecule has 0 amide bonds. The molecule has 0 aliphatic heterocycles. The van der Waals surface area contributed by atoms with Gasteiger partial charge in [-0.3, -0.25) is 5.10 Å². The Balaban J connectivity index is 0.00000144. The maximum atomic E-state index is 11.8. The predicted octanol–water partition coefficient (Wildman–Crippen LogP) is 1.29. The van der Waals surface area contributed by atoms with Gasteiger partial charge in [-0.05, 0) is 0 Å². The van der Waals surface area contributed by atoms with Crippen molar-refractivity contribution in [2.75, 3.05) is 0 Å². The third-order valence-corrected chi connectivity index (χ3v) is 1.10. The first kappa shape index (κ1) is 11.4. The minimum atomic E-state index is -4.58. The third-order valence-electron chi connectivity index (χ3n) is 1.10. The second-order valence-corrected chi connectivity index (χ2v) is 1.97. The maximum Gasteiger partial charge on any atom is 0.432 e. The van der Waals surface area contributed by atoms with Crippen LogP contribution in [0, 0.1) is 0 Å². The number of carboxylic acid groups (broad SMARTS) is 1. The van der Waals surface area contributed by atoms with Crippen molar-refractivity contribution in [3.8, 4) is 0 Å². The smallest absolute Gasteiger partial charge is 0.432 e. The van der Waals surface area contributed by atoms with Gasteiger partial charge in [-0.15, -0.1) is 0 Å². The van der Waals surface area contributed by atoms with E-state index in [1.807, 2.05) is 0 Å². The summed E-state index contributed by atoms with van der Waals surface area (Å²) in [4.78, 5) is 10.1. The van der Waals surface area contributed by atoms with Crippen LogP contribution in [-0.2, 0) is 6.18 Å². The van der Waals surface area contributed by atoms with Gasteiger partial charge in [0.05, 0.1) is 0 Å². The molecule has 1 aromatic heterocycles. The van der Waals surface area contributed by atoms with Crippen LogP contribution in [0.4, 0.5) is 13.2 Å². The number of aromatic carboxylic acids is 1. The zero-order valence-electron chi connectivity index (χ0n) is 6.22. The number of carbonyl (C=O) groups is 1. The van der Waals surface area contributed by atoms with Gasteiger partial charge in [-0.2, -0.15) is 18.3 Å². The Hall–Kier alpha value is -1.57. The molecule has 74 valence electrons. The number of hydrogen-bond donors (Lipinski definition) is 3. The molecule has 13 heavy (non-hydrogen) atoms. The highest BCUT2D eigenvalue weighted by Gasteiger charge is 2.33. The van der Waals surface area contributed by atoms with E-state index in [4.69, 9.17) is 5.11 Å². The van der Waals surface area contributed by atoms with Gasteiger partial charge in [0.15, 0.2) is 5.69 Å². The van der Waals surface area contributed by atoms with Crippen molar-refractivity contribution in [3.63, 3.8) is 0 Å². The zero-order valence-corrected chi connectivity index (χ0v) is 6.22. The number of nitrogens with one attached hydrogen (secondary N) is 1. The second-order valence-electron chi connectivity index (χ2n) is 1.97. The molecule has 0 bridgehead atoms. The lowest BCUT2D eigenvalue weighted by molar-refractivity contribution is -0.141. The van der Waals surface area contributed by atoms with Crippen LogP contribution < -0.4 is 6.15 Å². The van der Waals surface area contributed by atoms with E-state index in [2.05, 4.69) is 5.10 Å². The summed E-state index contributed by atoms with van der Waals surface area (Å²) in [5.41, 5.74) is -1.82. The summed E-state index contributed by atoms with van der Waals surface area (Å²) < 4.78 is 35.4. The van der Waals surface area contributed by atoms with Gasteiger partial charge in [-0.1, -0.05) is 0 Å². The molecule has 1 aromatic rings. The number of H-pyrrole nitrogens is 1. The fourth-order valence-electron chi connectivity index (χ4n) is 0.576. The van der Waals surface area contributed by atoms with Crippen LogP contribution in [-0.4, -0.2) is 21.3 Å². The summed E-state index contributed by atoms with van der Waals surface area (Å²) in [6.07, 6.45) is -4.58. The molecule has 1 rings (SSSR count). The number of alkyl halides is 3. The van der Waals surface area contributed by atoms with Crippen molar-refractivity contribution >= 4 is 5.97 Å². The number of aromatic amines is 1.